The van der Waals surface area contributed by atoms with Gasteiger partial charge in [0.2, 0.25) is 0 Å². The molecule has 6 nitrogen and oxygen atoms in total. The Kier molecular flexibility index (Phi) is 3.13. The first kappa shape index (κ1) is 13.6. The number of fused-ring (bicyclic) bond motifs is 1. The first-order chi connectivity index (χ1) is 9.99. The van der Waals surface area contributed by atoms with Gasteiger partial charge >= 0.3 is 0 Å². The van der Waals surface area contributed by atoms with Crippen LogP contribution in [0.5, 0.6) is 0 Å². The van der Waals surface area contributed by atoms with Crippen LogP contribution in [0, 0.1) is 17.0 Å². The molecule has 0 bridgehead atoms. The molecule has 0 spiro atoms. The molecule has 0 fully saturated rings. The van der Waals surface area contributed by atoms with Crippen molar-refractivity contribution in [2.75, 3.05) is 5.73 Å². The first-order valence-corrected chi connectivity index (χ1v) is 6.96. The number of pyridine rings is 1. The van der Waals surface area contributed by atoms with Gasteiger partial charge in [0.05, 0.1) is 10.5 Å². The summed E-state index contributed by atoms with van der Waals surface area (Å²) in [5, 5.41) is 11.3. The van der Waals surface area contributed by atoms with Crippen LogP contribution in [-0.4, -0.2) is 14.3 Å². The minimum Gasteiger partial charge on any atom is -0.383 e. The summed E-state index contributed by atoms with van der Waals surface area (Å²) >= 11 is 3.24. The second-order valence-corrected chi connectivity index (χ2v) is 5.54. The molecule has 3 rings (SSSR count). The lowest BCUT2D eigenvalue weighted by Gasteiger charge is -2.03. The highest BCUT2D eigenvalue weighted by atomic mass is 79.9. The summed E-state index contributed by atoms with van der Waals surface area (Å²) in [4.78, 5) is 15.3. The molecule has 1 aromatic carbocycles. The van der Waals surface area contributed by atoms with Crippen LogP contribution in [0.2, 0.25) is 0 Å². The maximum absolute atomic E-state index is 11.3. The van der Waals surface area contributed by atoms with Crippen molar-refractivity contribution in [1.29, 1.82) is 0 Å². The van der Waals surface area contributed by atoms with Gasteiger partial charge in [-0.25, -0.2) is 4.98 Å². The van der Waals surface area contributed by atoms with E-state index in [1.54, 1.807) is 16.5 Å². The van der Waals surface area contributed by atoms with E-state index in [1.807, 2.05) is 25.1 Å². The van der Waals surface area contributed by atoms with Crippen molar-refractivity contribution < 1.29 is 4.92 Å². The van der Waals surface area contributed by atoms with Gasteiger partial charge in [-0.3, -0.25) is 14.5 Å². The molecule has 3 aromatic rings. The Morgan fingerprint density at radius 1 is 1.33 bits per heavy atom. The summed E-state index contributed by atoms with van der Waals surface area (Å²) < 4.78 is 2.41. The topological polar surface area (TPSA) is 86.5 Å². The predicted molar refractivity (Wildman–Crippen MR) is 84.1 cm³/mol. The molecule has 0 unspecified atom stereocenters. The fourth-order valence-electron chi connectivity index (χ4n) is 2.34. The molecular formula is C14H11BrN4O2. The quantitative estimate of drug-likeness (QED) is 0.567. The molecule has 0 aliphatic heterocycles. The summed E-state index contributed by atoms with van der Waals surface area (Å²) in [7, 11) is 0. The SMILES string of the molecule is Cc1cccc2nc(-c3ccc(Br)cc3[N+](=O)[O-])c(N)n12. The number of aromatic nitrogens is 2. The summed E-state index contributed by atoms with van der Waals surface area (Å²) in [6.07, 6.45) is 0. The number of halogens is 1. The standard InChI is InChI=1S/C14H11BrN4O2/c1-8-3-2-4-12-17-13(14(16)18(8)12)10-6-5-9(15)7-11(10)19(20)21/h2-7H,16H2,1H3. The van der Waals surface area contributed by atoms with E-state index in [0.717, 1.165) is 5.69 Å². The summed E-state index contributed by atoms with van der Waals surface area (Å²) in [5.74, 6) is 0.397. The number of nitro groups is 1. The van der Waals surface area contributed by atoms with Crippen LogP contribution < -0.4 is 5.73 Å². The van der Waals surface area contributed by atoms with Crippen molar-refractivity contribution in [2.45, 2.75) is 6.92 Å². The minimum absolute atomic E-state index is 0.0304. The Morgan fingerprint density at radius 2 is 2.10 bits per heavy atom. The molecule has 0 saturated heterocycles. The van der Waals surface area contributed by atoms with Crippen LogP contribution in [-0.2, 0) is 0 Å². The van der Waals surface area contributed by atoms with Gasteiger partial charge in [0.1, 0.15) is 17.2 Å². The Hall–Kier alpha value is -2.41. The molecule has 0 aliphatic carbocycles. The van der Waals surface area contributed by atoms with Gasteiger partial charge in [-0.15, -0.1) is 0 Å². The average Bonchev–Trinajstić information content (AvgIpc) is 2.77. The molecular weight excluding hydrogens is 336 g/mol. The van der Waals surface area contributed by atoms with Crippen LogP contribution in [0.1, 0.15) is 5.69 Å². The van der Waals surface area contributed by atoms with Crippen LogP contribution in [0.3, 0.4) is 0 Å². The Morgan fingerprint density at radius 3 is 2.76 bits per heavy atom. The molecule has 0 saturated carbocycles. The van der Waals surface area contributed by atoms with Gasteiger partial charge in [-0.05, 0) is 31.2 Å². The highest BCUT2D eigenvalue weighted by Crippen LogP contribution is 2.35. The number of benzene rings is 1. The zero-order chi connectivity index (χ0) is 15.1. The number of nitrogens with zero attached hydrogens (tertiary/aromatic N) is 3. The third-order valence-corrected chi connectivity index (χ3v) is 3.78. The van der Waals surface area contributed by atoms with E-state index in [-0.39, 0.29) is 5.69 Å². The minimum atomic E-state index is -0.434. The Bertz CT molecular complexity index is 873. The Balaban J connectivity index is 2.34. The summed E-state index contributed by atoms with van der Waals surface area (Å²) in [5.41, 5.74) is 8.53. The second kappa shape index (κ2) is 4.85. The maximum atomic E-state index is 11.3. The number of imidazole rings is 1. The zero-order valence-corrected chi connectivity index (χ0v) is 12.7. The Labute approximate surface area is 128 Å². The van der Waals surface area contributed by atoms with E-state index < -0.39 is 4.92 Å². The largest absolute Gasteiger partial charge is 0.383 e. The fraction of sp³-hybridized carbons (Fsp3) is 0.0714. The average molecular weight is 347 g/mol. The zero-order valence-electron chi connectivity index (χ0n) is 11.1. The van der Waals surface area contributed by atoms with E-state index in [0.29, 0.717) is 27.2 Å². The van der Waals surface area contributed by atoms with Crippen LogP contribution >= 0.6 is 15.9 Å². The molecule has 106 valence electrons. The van der Waals surface area contributed by atoms with Crippen molar-refractivity contribution in [3.05, 3.63) is 56.7 Å². The van der Waals surface area contributed by atoms with E-state index in [4.69, 9.17) is 5.73 Å². The van der Waals surface area contributed by atoms with Gasteiger partial charge in [-0.2, -0.15) is 0 Å². The molecule has 0 atom stereocenters. The van der Waals surface area contributed by atoms with Crippen molar-refractivity contribution in [3.8, 4) is 11.3 Å². The van der Waals surface area contributed by atoms with Gasteiger partial charge in [0, 0.05) is 16.2 Å². The van der Waals surface area contributed by atoms with Gasteiger partial charge in [0.15, 0.2) is 0 Å². The second-order valence-electron chi connectivity index (χ2n) is 4.63. The molecule has 7 heteroatoms. The van der Waals surface area contributed by atoms with Crippen molar-refractivity contribution in [2.24, 2.45) is 0 Å². The molecule has 2 N–H and O–H groups in total. The normalized spacial score (nSPS) is 11.0. The van der Waals surface area contributed by atoms with Crippen molar-refractivity contribution in [3.63, 3.8) is 0 Å². The lowest BCUT2D eigenvalue weighted by molar-refractivity contribution is -0.384. The van der Waals surface area contributed by atoms with Gasteiger partial charge in [-0.1, -0.05) is 22.0 Å². The number of nitrogen functional groups attached to an aromatic ring is 1. The number of anilines is 1. The molecule has 21 heavy (non-hydrogen) atoms. The number of rotatable bonds is 2. The lowest BCUT2D eigenvalue weighted by atomic mass is 10.1. The third-order valence-electron chi connectivity index (χ3n) is 3.29. The fourth-order valence-corrected chi connectivity index (χ4v) is 2.68. The highest BCUT2D eigenvalue weighted by molar-refractivity contribution is 9.10. The van der Waals surface area contributed by atoms with Crippen LogP contribution in [0.15, 0.2) is 40.9 Å². The monoisotopic (exact) mass is 346 g/mol. The van der Waals surface area contributed by atoms with E-state index in [2.05, 4.69) is 20.9 Å². The molecule has 0 radical (unpaired) electrons. The van der Waals surface area contributed by atoms with Gasteiger partial charge in [0.25, 0.3) is 5.69 Å². The predicted octanol–water partition coefficient (Wildman–Crippen LogP) is 3.56. The summed E-state index contributed by atoms with van der Waals surface area (Å²) in [6.45, 7) is 1.91. The molecule has 2 heterocycles. The number of aryl methyl sites for hydroxylation is 1. The number of hydrogen-bond donors (Lipinski definition) is 1. The van der Waals surface area contributed by atoms with E-state index in [9.17, 15) is 10.1 Å². The summed E-state index contributed by atoms with van der Waals surface area (Å²) in [6, 6.07) is 10.4. The number of nitrogens with two attached hydrogens (primary N) is 1. The molecule has 2 aromatic heterocycles. The number of nitro benzene ring substituents is 1. The number of hydrogen-bond acceptors (Lipinski definition) is 4. The van der Waals surface area contributed by atoms with Gasteiger partial charge < -0.3 is 5.73 Å². The van der Waals surface area contributed by atoms with E-state index >= 15 is 0 Å². The maximum Gasteiger partial charge on any atom is 0.280 e. The lowest BCUT2D eigenvalue weighted by Crippen LogP contribution is -1.98. The van der Waals surface area contributed by atoms with Crippen molar-refractivity contribution >= 4 is 33.1 Å². The highest BCUT2D eigenvalue weighted by Gasteiger charge is 2.21. The van der Waals surface area contributed by atoms with E-state index in [1.165, 1.54) is 6.07 Å². The third kappa shape index (κ3) is 2.15. The molecule has 0 amide bonds. The molecule has 0 aliphatic rings. The van der Waals surface area contributed by atoms with Crippen LogP contribution in [0.25, 0.3) is 16.9 Å². The smallest absolute Gasteiger partial charge is 0.280 e. The van der Waals surface area contributed by atoms with Crippen LogP contribution in [0.4, 0.5) is 11.5 Å². The first-order valence-electron chi connectivity index (χ1n) is 6.17. The van der Waals surface area contributed by atoms with Crippen molar-refractivity contribution in [1.82, 2.24) is 9.38 Å².